The summed E-state index contributed by atoms with van der Waals surface area (Å²) in [5.74, 6) is -0.340. The molecule has 0 spiro atoms. The fourth-order valence-electron chi connectivity index (χ4n) is 3.84. The molecule has 35 heavy (non-hydrogen) atoms. The first-order valence-corrected chi connectivity index (χ1v) is 13.9. The maximum Gasteiger partial charge on any atom is 0.264 e. The van der Waals surface area contributed by atoms with Crippen LogP contribution in [0.1, 0.15) is 36.0 Å². The van der Waals surface area contributed by atoms with E-state index in [0.29, 0.717) is 5.56 Å². The average Bonchev–Trinajstić information content (AvgIpc) is 3.27. The number of benzene rings is 2. The Morgan fingerprint density at radius 2 is 1.69 bits per heavy atom. The van der Waals surface area contributed by atoms with Gasteiger partial charge in [0.25, 0.3) is 5.91 Å². The maximum absolute atomic E-state index is 12.4. The molecule has 3 aromatic rings. The molecule has 0 radical (unpaired) electrons. The molecule has 2 N–H and O–H groups in total. The molecule has 2 heterocycles. The smallest absolute Gasteiger partial charge is 0.264 e. The minimum Gasteiger partial charge on any atom is -0.508 e. The highest BCUT2D eigenvalue weighted by atomic mass is 32.2. The molecule has 1 aromatic heterocycles. The largest absolute Gasteiger partial charge is 0.508 e. The monoisotopic (exact) mass is 513 g/mol. The van der Waals surface area contributed by atoms with E-state index in [2.05, 4.69) is 26.0 Å². The van der Waals surface area contributed by atoms with Gasteiger partial charge in [0.05, 0.1) is 4.75 Å². The van der Waals surface area contributed by atoms with Crippen LogP contribution in [-0.2, 0) is 16.6 Å². The van der Waals surface area contributed by atoms with E-state index in [1.165, 1.54) is 4.88 Å². The van der Waals surface area contributed by atoms with Crippen LogP contribution in [0.5, 0.6) is 5.75 Å². The van der Waals surface area contributed by atoms with Gasteiger partial charge in [-0.05, 0) is 79.7 Å². The zero-order valence-corrected chi connectivity index (χ0v) is 21.8. The third kappa shape index (κ3) is 6.04. The molecule has 9 heteroatoms. The fourth-order valence-corrected chi connectivity index (χ4v) is 5.45. The van der Waals surface area contributed by atoms with E-state index in [-0.39, 0.29) is 5.75 Å². The Balaban J connectivity index is 1.31. The number of nitrogens with zero attached hydrogens (tertiary/aromatic N) is 2. The van der Waals surface area contributed by atoms with Crippen molar-refractivity contribution >= 4 is 33.0 Å². The number of hydrogen-bond donors (Lipinski definition) is 2. The summed E-state index contributed by atoms with van der Waals surface area (Å²) < 4.78 is 25.6. The predicted octanol–water partition coefficient (Wildman–Crippen LogP) is 4.30. The van der Waals surface area contributed by atoms with Crippen molar-refractivity contribution in [1.29, 1.82) is 0 Å². The molecule has 7 nitrogen and oxygen atoms in total. The lowest BCUT2D eigenvalue weighted by molar-refractivity contribution is 0.0980. The van der Waals surface area contributed by atoms with Crippen LogP contribution in [0, 0.1) is 0 Å². The van der Waals surface area contributed by atoms with E-state index >= 15 is 0 Å². The van der Waals surface area contributed by atoms with Gasteiger partial charge in [0.15, 0.2) is 0 Å². The topological polar surface area (TPSA) is 90.0 Å². The average molecular weight is 514 g/mol. The first-order chi connectivity index (χ1) is 16.5. The molecular formula is C26H31N3O4S2. The number of anilines is 1. The van der Waals surface area contributed by atoms with Gasteiger partial charge in [0.2, 0.25) is 10.0 Å². The third-order valence-electron chi connectivity index (χ3n) is 6.11. The SMILES string of the molecule is CC(C)(C)S(=O)(=O)NC(=O)c1ccc(N2CCN(Cc3cc(-c4cccc(O)c4)cs3)CC2)cc1. The van der Waals surface area contributed by atoms with Gasteiger partial charge in [-0.15, -0.1) is 11.3 Å². The van der Waals surface area contributed by atoms with E-state index in [9.17, 15) is 18.3 Å². The summed E-state index contributed by atoms with van der Waals surface area (Å²) in [5.41, 5.74) is 3.48. The lowest BCUT2D eigenvalue weighted by Gasteiger charge is -2.36. The Kier molecular flexibility index (Phi) is 7.21. The van der Waals surface area contributed by atoms with Crippen molar-refractivity contribution in [2.45, 2.75) is 32.1 Å². The Bertz CT molecular complexity index is 1290. The van der Waals surface area contributed by atoms with Gasteiger partial charge in [-0.2, -0.15) is 0 Å². The molecule has 2 aromatic carbocycles. The van der Waals surface area contributed by atoms with E-state index in [1.807, 2.05) is 24.3 Å². The number of sulfonamides is 1. The van der Waals surface area contributed by atoms with Crippen molar-refractivity contribution in [2.75, 3.05) is 31.1 Å². The molecule has 1 aliphatic rings. The Morgan fingerprint density at radius 1 is 1.00 bits per heavy atom. The second-order valence-corrected chi connectivity index (χ2v) is 13.1. The summed E-state index contributed by atoms with van der Waals surface area (Å²) in [6.45, 7) is 9.13. The number of amides is 1. The Hall–Kier alpha value is -2.88. The number of phenolic OH excluding ortho intramolecular Hbond substituents is 1. The normalized spacial score (nSPS) is 15.2. The minimum absolute atomic E-state index is 0.273. The van der Waals surface area contributed by atoms with Crippen LogP contribution < -0.4 is 9.62 Å². The summed E-state index contributed by atoms with van der Waals surface area (Å²) in [4.78, 5) is 18.4. The number of thiophene rings is 1. The molecule has 0 saturated carbocycles. The minimum atomic E-state index is -3.75. The summed E-state index contributed by atoms with van der Waals surface area (Å²) in [5, 5.41) is 11.9. The predicted molar refractivity (Wildman–Crippen MR) is 141 cm³/mol. The van der Waals surface area contributed by atoms with Gasteiger partial charge in [-0.25, -0.2) is 13.1 Å². The zero-order valence-electron chi connectivity index (χ0n) is 20.2. The van der Waals surface area contributed by atoms with Crippen molar-refractivity contribution in [3.63, 3.8) is 0 Å². The van der Waals surface area contributed by atoms with Crippen LogP contribution in [0.15, 0.2) is 60.0 Å². The van der Waals surface area contributed by atoms with Crippen molar-refractivity contribution in [1.82, 2.24) is 9.62 Å². The highest BCUT2D eigenvalue weighted by Crippen LogP contribution is 2.29. The summed E-state index contributed by atoms with van der Waals surface area (Å²) in [6, 6.07) is 16.6. The van der Waals surface area contributed by atoms with Crippen LogP contribution >= 0.6 is 11.3 Å². The van der Waals surface area contributed by atoms with E-state index in [1.54, 1.807) is 56.4 Å². The molecule has 1 aliphatic heterocycles. The van der Waals surface area contributed by atoms with E-state index in [4.69, 9.17) is 0 Å². The van der Waals surface area contributed by atoms with Gasteiger partial charge in [-0.3, -0.25) is 9.69 Å². The number of carbonyl (C=O) groups excluding carboxylic acids is 1. The number of carbonyl (C=O) groups is 1. The first-order valence-electron chi connectivity index (χ1n) is 11.5. The van der Waals surface area contributed by atoms with Crippen LogP contribution in [0.4, 0.5) is 5.69 Å². The van der Waals surface area contributed by atoms with Gasteiger partial charge in [0, 0.05) is 48.9 Å². The molecule has 0 unspecified atom stereocenters. The van der Waals surface area contributed by atoms with Gasteiger partial charge in [0.1, 0.15) is 5.75 Å². The van der Waals surface area contributed by atoms with Crippen LogP contribution in [-0.4, -0.2) is 55.3 Å². The third-order valence-corrected chi connectivity index (χ3v) is 9.10. The molecule has 0 atom stereocenters. The summed E-state index contributed by atoms with van der Waals surface area (Å²) >= 11 is 1.73. The number of phenols is 1. The summed E-state index contributed by atoms with van der Waals surface area (Å²) in [7, 11) is -3.75. The van der Waals surface area contributed by atoms with Crippen molar-refractivity contribution in [3.8, 4) is 16.9 Å². The second kappa shape index (κ2) is 10.0. The molecular weight excluding hydrogens is 482 g/mol. The molecule has 0 aliphatic carbocycles. The number of rotatable bonds is 6. The first kappa shape index (κ1) is 25.2. The number of aromatic hydroxyl groups is 1. The van der Waals surface area contributed by atoms with Gasteiger partial charge >= 0.3 is 0 Å². The highest BCUT2D eigenvalue weighted by Gasteiger charge is 2.31. The summed E-state index contributed by atoms with van der Waals surface area (Å²) in [6.07, 6.45) is 0. The Labute approximate surface area is 211 Å². The van der Waals surface area contributed by atoms with E-state index in [0.717, 1.165) is 49.5 Å². The molecule has 0 bridgehead atoms. The standard InChI is InChI=1S/C26H31N3O4S2/c1-26(2,3)35(32,33)27-25(31)19-7-9-22(10-8-19)29-13-11-28(12-14-29)17-24-16-21(18-34-24)20-5-4-6-23(30)15-20/h4-10,15-16,18,30H,11-14,17H2,1-3H3,(H,27,31). The van der Waals surface area contributed by atoms with Gasteiger partial charge in [-0.1, -0.05) is 12.1 Å². The second-order valence-electron chi connectivity index (χ2n) is 9.71. The molecule has 1 amide bonds. The number of hydrogen-bond acceptors (Lipinski definition) is 7. The fraction of sp³-hybridized carbons (Fsp3) is 0.346. The molecule has 4 rings (SSSR count). The van der Waals surface area contributed by atoms with Crippen molar-refractivity contribution in [2.24, 2.45) is 0 Å². The van der Waals surface area contributed by atoms with Crippen molar-refractivity contribution < 1.29 is 18.3 Å². The van der Waals surface area contributed by atoms with E-state index < -0.39 is 20.7 Å². The Morgan fingerprint density at radius 3 is 2.31 bits per heavy atom. The highest BCUT2D eigenvalue weighted by molar-refractivity contribution is 7.91. The number of nitrogens with one attached hydrogen (secondary N) is 1. The van der Waals surface area contributed by atoms with Crippen LogP contribution in [0.25, 0.3) is 11.1 Å². The maximum atomic E-state index is 12.4. The molecule has 186 valence electrons. The van der Waals surface area contributed by atoms with Gasteiger partial charge < -0.3 is 10.0 Å². The lowest BCUT2D eigenvalue weighted by Crippen LogP contribution is -2.45. The quantitative estimate of drug-likeness (QED) is 0.511. The molecule has 1 saturated heterocycles. The lowest BCUT2D eigenvalue weighted by atomic mass is 10.1. The zero-order chi connectivity index (χ0) is 25.2. The molecule has 1 fully saturated rings. The van der Waals surface area contributed by atoms with Crippen molar-refractivity contribution in [3.05, 3.63) is 70.4 Å². The van der Waals surface area contributed by atoms with Crippen LogP contribution in [0.3, 0.4) is 0 Å². The van der Waals surface area contributed by atoms with Crippen LogP contribution in [0.2, 0.25) is 0 Å². The number of piperazine rings is 1.